The number of amides is 4. The number of hydrazine groups is 1. The van der Waals surface area contributed by atoms with Crippen molar-refractivity contribution in [3.05, 3.63) is 68.7 Å². The highest BCUT2D eigenvalue weighted by Crippen LogP contribution is 2.32. The van der Waals surface area contributed by atoms with E-state index in [1.807, 2.05) is 13.8 Å². The zero-order valence-electron chi connectivity index (χ0n) is 19.5. The summed E-state index contributed by atoms with van der Waals surface area (Å²) in [7, 11) is 0. The number of aryl methyl sites for hydroxylation is 1. The molecule has 1 aliphatic heterocycles. The predicted octanol–water partition coefficient (Wildman–Crippen LogP) is 3.80. The summed E-state index contributed by atoms with van der Waals surface area (Å²) in [5, 5.41) is 12.3. The fraction of sp³-hybridized carbons (Fsp3) is 0.333. The van der Waals surface area contributed by atoms with Crippen LogP contribution in [0.15, 0.2) is 42.5 Å². The monoisotopic (exact) mass is 500 g/mol. The molecular weight excluding hydrogens is 476 g/mol. The minimum atomic E-state index is -1.36. The molecule has 1 N–H and O–H groups in total. The van der Waals surface area contributed by atoms with Crippen LogP contribution in [0.2, 0.25) is 5.02 Å². The molecule has 1 saturated heterocycles. The second kappa shape index (κ2) is 10.6. The Morgan fingerprint density at radius 2 is 1.86 bits per heavy atom. The summed E-state index contributed by atoms with van der Waals surface area (Å²) in [5.41, 5.74) is 2.69. The number of benzene rings is 2. The molecule has 0 bridgehead atoms. The van der Waals surface area contributed by atoms with Crippen LogP contribution in [0.4, 0.5) is 11.4 Å². The van der Waals surface area contributed by atoms with E-state index in [0.29, 0.717) is 18.4 Å². The van der Waals surface area contributed by atoms with Gasteiger partial charge in [-0.25, -0.2) is 9.91 Å². The lowest BCUT2D eigenvalue weighted by Gasteiger charge is -2.30. The molecule has 0 aromatic heterocycles. The lowest BCUT2D eigenvalue weighted by Crippen LogP contribution is -2.56. The SMILES string of the molecule is CCC(CC)C(=O)NN(C(=O)c1cc([N+](=O)[O-])ccc1C)C1CC(=O)N(c2ccccc2Cl)C1=O. The number of nitrogens with zero attached hydrogens (tertiary/aromatic N) is 3. The third-order valence-corrected chi connectivity index (χ3v) is 6.32. The Labute approximate surface area is 207 Å². The van der Waals surface area contributed by atoms with Gasteiger partial charge >= 0.3 is 0 Å². The molecule has 1 heterocycles. The van der Waals surface area contributed by atoms with E-state index in [4.69, 9.17) is 11.6 Å². The van der Waals surface area contributed by atoms with Gasteiger partial charge in [0.1, 0.15) is 6.04 Å². The highest BCUT2D eigenvalue weighted by Gasteiger charge is 2.46. The average Bonchev–Trinajstić information content (AvgIpc) is 3.11. The first-order valence-electron chi connectivity index (χ1n) is 11.1. The molecule has 11 heteroatoms. The standard InChI is InChI=1S/C24H25ClN4O6/c1-4-15(5-2)22(31)26-28(23(32)17-12-16(29(34)35)11-10-14(17)3)20-13-21(30)27(24(20)33)19-9-7-6-8-18(19)25/h6-12,15,20H,4-5,13H2,1-3H3,(H,26,31). The Bertz CT molecular complexity index is 1200. The number of rotatable bonds is 7. The van der Waals surface area contributed by atoms with Crippen molar-refractivity contribution in [2.75, 3.05) is 4.90 Å². The summed E-state index contributed by atoms with van der Waals surface area (Å²) in [6.07, 6.45) is 0.583. The molecule has 2 aromatic rings. The summed E-state index contributed by atoms with van der Waals surface area (Å²) in [6, 6.07) is 8.66. The van der Waals surface area contributed by atoms with Crippen LogP contribution in [0.25, 0.3) is 0 Å². The molecule has 1 unspecified atom stereocenters. The fourth-order valence-electron chi connectivity index (χ4n) is 3.93. The number of nitrogens with one attached hydrogen (secondary N) is 1. The van der Waals surface area contributed by atoms with Crippen molar-refractivity contribution in [1.29, 1.82) is 0 Å². The van der Waals surface area contributed by atoms with Gasteiger partial charge < -0.3 is 0 Å². The van der Waals surface area contributed by atoms with Crippen molar-refractivity contribution in [3.8, 4) is 0 Å². The van der Waals surface area contributed by atoms with E-state index in [0.717, 1.165) is 16.0 Å². The number of hydrogen-bond acceptors (Lipinski definition) is 6. The van der Waals surface area contributed by atoms with Crippen LogP contribution in [0.3, 0.4) is 0 Å². The van der Waals surface area contributed by atoms with Crippen molar-refractivity contribution in [2.45, 2.75) is 46.1 Å². The molecule has 10 nitrogen and oxygen atoms in total. The van der Waals surface area contributed by atoms with Crippen LogP contribution in [0.1, 0.15) is 49.0 Å². The van der Waals surface area contributed by atoms with Crippen molar-refractivity contribution in [3.63, 3.8) is 0 Å². The summed E-state index contributed by atoms with van der Waals surface area (Å²) < 4.78 is 0. The number of carbonyl (C=O) groups excluding carboxylic acids is 4. The molecule has 0 saturated carbocycles. The van der Waals surface area contributed by atoms with Crippen molar-refractivity contribution in [2.24, 2.45) is 5.92 Å². The van der Waals surface area contributed by atoms with Gasteiger partial charge in [0.25, 0.3) is 17.5 Å². The number of para-hydroxylation sites is 1. The lowest BCUT2D eigenvalue weighted by molar-refractivity contribution is -0.384. The highest BCUT2D eigenvalue weighted by atomic mass is 35.5. The van der Waals surface area contributed by atoms with Crippen LogP contribution in [-0.2, 0) is 14.4 Å². The number of halogens is 1. The van der Waals surface area contributed by atoms with E-state index >= 15 is 0 Å². The summed E-state index contributed by atoms with van der Waals surface area (Å²) in [5.74, 6) is -3.12. The van der Waals surface area contributed by atoms with E-state index in [-0.39, 0.29) is 22.0 Å². The molecule has 35 heavy (non-hydrogen) atoms. The van der Waals surface area contributed by atoms with E-state index in [9.17, 15) is 29.3 Å². The first-order valence-corrected chi connectivity index (χ1v) is 11.5. The molecule has 3 rings (SSSR count). The Kier molecular flexibility index (Phi) is 7.85. The third kappa shape index (κ3) is 5.17. The molecule has 184 valence electrons. The maximum Gasteiger partial charge on any atom is 0.273 e. The Balaban J connectivity index is 2.05. The number of non-ortho nitro benzene ring substituents is 1. The quantitative estimate of drug-likeness (QED) is 0.349. The predicted molar refractivity (Wildman–Crippen MR) is 129 cm³/mol. The lowest BCUT2D eigenvalue weighted by atomic mass is 10.0. The molecule has 0 spiro atoms. The zero-order chi connectivity index (χ0) is 25.9. The van der Waals surface area contributed by atoms with Gasteiger partial charge in [0.15, 0.2) is 0 Å². The summed E-state index contributed by atoms with van der Waals surface area (Å²) >= 11 is 6.19. The van der Waals surface area contributed by atoms with Crippen molar-refractivity contribution < 1.29 is 24.1 Å². The Hall–Kier alpha value is -3.79. The maximum absolute atomic E-state index is 13.6. The van der Waals surface area contributed by atoms with Gasteiger partial charge in [-0.1, -0.05) is 43.6 Å². The van der Waals surface area contributed by atoms with Gasteiger partial charge in [-0.05, 0) is 37.5 Å². The smallest absolute Gasteiger partial charge is 0.273 e. The van der Waals surface area contributed by atoms with Gasteiger partial charge in [0.2, 0.25) is 11.8 Å². The third-order valence-electron chi connectivity index (χ3n) is 6.00. The topological polar surface area (TPSA) is 130 Å². The number of anilines is 1. The van der Waals surface area contributed by atoms with Crippen LogP contribution in [0.5, 0.6) is 0 Å². The summed E-state index contributed by atoms with van der Waals surface area (Å²) in [6.45, 7) is 5.21. The number of nitro groups is 1. The average molecular weight is 501 g/mol. The minimum absolute atomic E-state index is 0.0690. The van der Waals surface area contributed by atoms with E-state index < -0.39 is 46.9 Å². The molecular formula is C24H25ClN4O6. The molecule has 0 aliphatic carbocycles. The molecule has 4 amide bonds. The number of carbonyl (C=O) groups is 4. The van der Waals surface area contributed by atoms with Crippen LogP contribution in [0, 0.1) is 23.0 Å². The number of imide groups is 1. The number of nitro benzene ring substituents is 1. The fourth-order valence-corrected chi connectivity index (χ4v) is 4.15. The minimum Gasteiger partial charge on any atom is -0.274 e. The van der Waals surface area contributed by atoms with Crippen LogP contribution < -0.4 is 10.3 Å². The van der Waals surface area contributed by atoms with Crippen molar-refractivity contribution in [1.82, 2.24) is 10.4 Å². The van der Waals surface area contributed by atoms with Gasteiger partial charge in [0.05, 0.1) is 27.6 Å². The first-order chi connectivity index (χ1) is 16.6. The maximum atomic E-state index is 13.6. The largest absolute Gasteiger partial charge is 0.274 e. The van der Waals surface area contributed by atoms with Gasteiger partial charge in [-0.2, -0.15) is 0 Å². The second-order valence-electron chi connectivity index (χ2n) is 8.16. The van der Waals surface area contributed by atoms with Crippen LogP contribution >= 0.6 is 11.6 Å². The van der Waals surface area contributed by atoms with E-state index in [1.54, 1.807) is 19.1 Å². The van der Waals surface area contributed by atoms with Crippen molar-refractivity contribution >= 4 is 46.6 Å². The van der Waals surface area contributed by atoms with Crippen LogP contribution in [-0.4, -0.2) is 39.6 Å². The van der Waals surface area contributed by atoms with Gasteiger partial charge in [-0.3, -0.25) is 34.7 Å². The molecule has 0 radical (unpaired) electrons. The Morgan fingerprint density at radius 1 is 1.20 bits per heavy atom. The molecule has 1 fully saturated rings. The first kappa shape index (κ1) is 25.8. The normalized spacial score (nSPS) is 15.5. The Morgan fingerprint density at radius 3 is 2.46 bits per heavy atom. The van der Waals surface area contributed by atoms with E-state index in [2.05, 4.69) is 5.43 Å². The molecule has 1 atom stereocenters. The zero-order valence-corrected chi connectivity index (χ0v) is 20.2. The van der Waals surface area contributed by atoms with E-state index in [1.165, 1.54) is 24.3 Å². The highest BCUT2D eigenvalue weighted by molar-refractivity contribution is 6.36. The second-order valence-corrected chi connectivity index (χ2v) is 8.57. The van der Waals surface area contributed by atoms with Gasteiger partial charge in [-0.15, -0.1) is 0 Å². The molecule has 2 aromatic carbocycles. The van der Waals surface area contributed by atoms with Gasteiger partial charge in [0, 0.05) is 18.1 Å². The molecule has 1 aliphatic rings. The summed E-state index contributed by atoms with van der Waals surface area (Å²) in [4.78, 5) is 64.3. The number of hydrogen-bond donors (Lipinski definition) is 1.